The van der Waals surface area contributed by atoms with Crippen molar-refractivity contribution in [1.29, 1.82) is 0 Å². The van der Waals surface area contributed by atoms with E-state index in [1.807, 2.05) is 11.4 Å². The number of ether oxygens (including phenoxy) is 1. The summed E-state index contributed by atoms with van der Waals surface area (Å²) in [7, 11) is 1.59. The van der Waals surface area contributed by atoms with Crippen molar-refractivity contribution in [3.05, 3.63) is 39.2 Å². The third kappa shape index (κ3) is 2.50. The zero-order chi connectivity index (χ0) is 13.3. The van der Waals surface area contributed by atoms with Crippen molar-refractivity contribution in [2.24, 2.45) is 0 Å². The fraction of sp³-hybridized carbons (Fsp3) is 0.231. The maximum atomic E-state index is 9.67. The minimum Gasteiger partial charge on any atom is -0.495 e. The zero-order valence-electron chi connectivity index (χ0n) is 9.91. The summed E-state index contributed by atoms with van der Waals surface area (Å²) in [5.41, 5.74) is 1.71. The molecule has 0 amide bonds. The highest BCUT2D eigenvalue weighted by atomic mass is 35.5. The van der Waals surface area contributed by atoms with Crippen LogP contribution in [0.1, 0.15) is 18.6 Å². The van der Waals surface area contributed by atoms with Gasteiger partial charge in [-0.3, -0.25) is 0 Å². The SMILES string of the molecule is COc1c(C(C)O)csc1-c1ccc(Cl)c(Cl)c1. The average molecular weight is 303 g/mol. The molecule has 1 heterocycles. The fourth-order valence-electron chi connectivity index (χ4n) is 1.70. The molecule has 96 valence electrons. The first-order valence-electron chi connectivity index (χ1n) is 5.33. The first-order chi connectivity index (χ1) is 8.54. The maximum absolute atomic E-state index is 9.67. The van der Waals surface area contributed by atoms with Crippen molar-refractivity contribution >= 4 is 34.5 Å². The molecule has 0 spiro atoms. The number of aliphatic hydroxyl groups is 1. The van der Waals surface area contributed by atoms with E-state index in [0.29, 0.717) is 15.8 Å². The van der Waals surface area contributed by atoms with Gasteiger partial charge >= 0.3 is 0 Å². The van der Waals surface area contributed by atoms with Crippen molar-refractivity contribution in [2.45, 2.75) is 13.0 Å². The Balaban J connectivity index is 2.53. The number of rotatable bonds is 3. The van der Waals surface area contributed by atoms with Gasteiger partial charge in [0, 0.05) is 10.9 Å². The maximum Gasteiger partial charge on any atom is 0.143 e. The fourth-order valence-corrected chi connectivity index (χ4v) is 3.11. The summed E-state index contributed by atoms with van der Waals surface area (Å²) in [6, 6.07) is 5.43. The standard InChI is InChI=1S/C13H12Cl2O2S/c1-7(16)9-6-18-13(12(9)17-2)8-3-4-10(14)11(15)5-8/h3-7,16H,1-2H3. The number of thiophene rings is 1. The van der Waals surface area contributed by atoms with Gasteiger partial charge in [-0.05, 0) is 24.6 Å². The van der Waals surface area contributed by atoms with Gasteiger partial charge in [0.1, 0.15) is 5.75 Å². The molecule has 0 aliphatic carbocycles. The molecule has 0 saturated carbocycles. The van der Waals surface area contributed by atoms with Crippen LogP contribution in [-0.4, -0.2) is 12.2 Å². The lowest BCUT2D eigenvalue weighted by molar-refractivity contribution is 0.195. The quantitative estimate of drug-likeness (QED) is 0.884. The van der Waals surface area contributed by atoms with Gasteiger partial charge in [-0.2, -0.15) is 0 Å². The van der Waals surface area contributed by atoms with E-state index in [-0.39, 0.29) is 0 Å². The van der Waals surface area contributed by atoms with Crippen molar-refractivity contribution in [3.63, 3.8) is 0 Å². The van der Waals surface area contributed by atoms with Crippen LogP contribution in [0, 0.1) is 0 Å². The van der Waals surface area contributed by atoms with Gasteiger partial charge in [0.25, 0.3) is 0 Å². The van der Waals surface area contributed by atoms with E-state index >= 15 is 0 Å². The molecule has 0 aliphatic rings. The molecule has 0 fully saturated rings. The number of halogens is 2. The first-order valence-corrected chi connectivity index (χ1v) is 6.97. The number of methoxy groups -OCH3 is 1. The second kappa shape index (κ2) is 5.49. The molecule has 0 aliphatic heterocycles. The molecule has 1 aromatic heterocycles. The van der Waals surface area contributed by atoms with Gasteiger partial charge in [0.2, 0.25) is 0 Å². The third-order valence-electron chi connectivity index (χ3n) is 2.61. The first kappa shape index (κ1) is 13.7. The van der Waals surface area contributed by atoms with Gasteiger partial charge in [-0.25, -0.2) is 0 Å². The summed E-state index contributed by atoms with van der Waals surface area (Å²) < 4.78 is 5.38. The highest BCUT2D eigenvalue weighted by Gasteiger charge is 2.17. The molecular formula is C13H12Cl2O2S. The molecule has 18 heavy (non-hydrogen) atoms. The molecule has 0 bridgehead atoms. The third-order valence-corrected chi connectivity index (χ3v) is 4.38. The molecule has 0 saturated heterocycles. The molecule has 2 nitrogen and oxygen atoms in total. The van der Waals surface area contributed by atoms with E-state index in [0.717, 1.165) is 16.0 Å². The summed E-state index contributed by atoms with van der Waals surface area (Å²) >= 11 is 13.4. The lowest BCUT2D eigenvalue weighted by atomic mass is 10.1. The van der Waals surface area contributed by atoms with E-state index in [1.165, 1.54) is 11.3 Å². The van der Waals surface area contributed by atoms with E-state index < -0.39 is 6.10 Å². The Labute approximate surface area is 120 Å². The van der Waals surface area contributed by atoms with Crippen LogP contribution >= 0.6 is 34.5 Å². The number of hydrogen-bond acceptors (Lipinski definition) is 3. The smallest absolute Gasteiger partial charge is 0.143 e. The van der Waals surface area contributed by atoms with Crippen molar-refractivity contribution in [2.75, 3.05) is 7.11 Å². The summed E-state index contributed by atoms with van der Waals surface area (Å²) in [4.78, 5) is 0.937. The van der Waals surface area contributed by atoms with Gasteiger partial charge in [-0.15, -0.1) is 11.3 Å². The van der Waals surface area contributed by atoms with Crippen molar-refractivity contribution in [3.8, 4) is 16.2 Å². The zero-order valence-corrected chi connectivity index (χ0v) is 12.2. The number of hydrogen-bond donors (Lipinski definition) is 1. The second-order valence-electron chi connectivity index (χ2n) is 3.86. The monoisotopic (exact) mass is 302 g/mol. The van der Waals surface area contributed by atoms with E-state index in [2.05, 4.69) is 0 Å². The molecule has 2 aromatic rings. The van der Waals surface area contributed by atoms with Crippen molar-refractivity contribution < 1.29 is 9.84 Å². The summed E-state index contributed by atoms with van der Waals surface area (Å²) in [6.07, 6.45) is -0.562. The molecule has 2 rings (SSSR count). The summed E-state index contributed by atoms with van der Waals surface area (Å²) in [5, 5.41) is 12.6. The molecule has 1 atom stereocenters. The predicted octanol–water partition coefficient (Wildman–Crippen LogP) is 4.78. The minimum absolute atomic E-state index is 0.503. The van der Waals surface area contributed by atoms with Gasteiger partial charge in [0.05, 0.1) is 28.1 Å². The van der Waals surface area contributed by atoms with Crippen LogP contribution in [-0.2, 0) is 0 Å². The van der Waals surface area contributed by atoms with E-state index in [9.17, 15) is 5.11 Å². The van der Waals surface area contributed by atoms with Crippen LogP contribution in [0.15, 0.2) is 23.6 Å². The lowest BCUT2D eigenvalue weighted by Crippen LogP contribution is -1.93. The van der Waals surface area contributed by atoms with Crippen LogP contribution in [0.3, 0.4) is 0 Å². The van der Waals surface area contributed by atoms with E-state index in [1.54, 1.807) is 26.2 Å². The summed E-state index contributed by atoms with van der Waals surface area (Å²) in [5.74, 6) is 0.688. The molecule has 1 N–H and O–H groups in total. The normalized spacial score (nSPS) is 12.5. The van der Waals surface area contributed by atoms with Crippen LogP contribution in [0.25, 0.3) is 10.4 Å². The molecule has 5 heteroatoms. The highest BCUT2D eigenvalue weighted by Crippen LogP contribution is 2.42. The van der Waals surface area contributed by atoms with Crippen LogP contribution in [0.2, 0.25) is 10.0 Å². The Hall–Kier alpha value is -0.740. The molecule has 1 unspecified atom stereocenters. The topological polar surface area (TPSA) is 29.5 Å². The van der Waals surface area contributed by atoms with Crippen LogP contribution < -0.4 is 4.74 Å². The van der Waals surface area contributed by atoms with Crippen LogP contribution in [0.5, 0.6) is 5.75 Å². The number of aliphatic hydroxyl groups excluding tert-OH is 1. The van der Waals surface area contributed by atoms with Gasteiger partial charge in [-0.1, -0.05) is 29.3 Å². The van der Waals surface area contributed by atoms with Gasteiger partial charge < -0.3 is 9.84 Å². The second-order valence-corrected chi connectivity index (χ2v) is 5.55. The Morgan fingerprint density at radius 1 is 1.28 bits per heavy atom. The van der Waals surface area contributed by atoms with E-state index in [4.69, 9.17) is 27.9 Å². The molecular weight excluding hydrogens is 291 g/mol. The van der Waals surface area contributed by atoms with Gasteiger partial charge in [0.15, 0.2) is 0 Å². The largest absolute Gasteiger partial charge is 0.495 e. The lowest BCUT2D eigenvalue weighted by Gasteiger charge is -2.08. The minimum atomic E-state index is -0.562. The number of benzene rings is 1. The molecule has 0 radical (unpaired) electrons. The highest BCUT2D eigenvalue weighted by molar-refractivity contribution is 7.14. The van der Waals surface area contributed by atoms with Crippen molar-refractivity contribution in [1.82, 2.24) is 0 Å². The Morgan fingerprint density at radius 3 is 2.56 bits per heavy atom. The summed E-state index contributed by atoms with van der Waals surface area (Å²) in [6.45, 7) is 1.71. The average Bonchev–Trinajstić information content (AvgIpc) is 2.76. The Morgan fingerprint density at radius 2 is 2.00 bits per heavy atom. The Bertz CT molecular complexity index is 564. The molecule has 1 aromatic carbocycles. The van der Waals surface area contributed by atoms with Crippen LogP contribution in [0.4, 0.5) is 0 Å². The predicted molar refractivity (Wildman–Crippen MR) is 77.0 cm³/mol. The Kier molecular flexibility index (Phi) is 4.17.